The molecule has 9 heteroatoms. The first-order valence-corrected chi connectivity index (χ1v) is 10.4. The van der Waals surface area contributed by atoms with E-state index in [9.17, 15) is 14.4 Å². The summed E-state index contributed by atoms with van der Waals surface area (Å²) in [5.41, 5.74) is 1.82. The highest BCUT2D eigenvalue weighted by Crippen LogP contribution is 2.35. The van der Waals surface area contributed by atoms with Gasteiger partial charge in [0.15, 0.2) is 18.1 Å². The standard InChI is InChI=1S/C25H23N3O6/c1-32-21-10-8-16(12-22(21)33-2)25(31)27-18-9-11-20-19(13-18)28(24(30)15-34-20)14-23(29)26-17-6-4-3-5-7-17/h3-13H,14-15H2,1-2H3,(H,26,29)(H,27,31). The van der Waals surface area contributed by atoms with Crippen LogP contribution >= 0.6 is 0 Å². The van der Waals surface area contributed by atoms with E-state index in [2.05, 4.69) is 10.6 Å². The van der Waals surface area contributed by atoms with Gasteiger partial charge in [0.2, 0.25) is 5.91 Å². The Morgan fingerprint density at radius 1 is 0.912 bits per heavy atom. The molecule has 2 N–H and O–H groups in total. The van der Waals surface area contributed by atoms with Crippen LogP contribution in [0, 0.1) is 0 Å². The lowest BCUT2D eigenvalue weighted by Gasteiger charge is -2.29. The molecule has 9 nitrogen and oxygen atoms in total. The quantitative estimate of drug-likeness (QED) is 0.559. The highest BCUT2D eigenvalue weighted by Gasteiger charge is 2.28. The predicted octanol–water partition coefficient (Wildman–Crippen LogP) is 3.32. The molecule has 0 spiro atoms. The van der Waals surface area contributed by atoms with Gasteiger partial charge >= 0.3 is 0 Å². The molecule has 0 aromatic heterocycles. The number of hydrogen-bond donors (Lipinski definition) is 2. The third-order valence-electron chi connectivity index (χ3n) is 5.16. The van der Waals surface area contributed by atoms with Crippen molar-refractivity contribution in [1.29, 1.82) is 0 Å². The average molecular weight is 461 g/mol. The van der Waals surface area contributed by atoms with Crippen molar-refractivity contribution in [2.24, 2.45) is 0 Å². The number of para-hydroxylation sites is 1. The Kier molecular flexibility index (Phi) is 6.63. The van der Waals surface area contributed by atoms with Gasteiger partial charge in [0, 0.05) is 16.9 Å². The Labute approximate surface area is 196 Å². The van der Waals surface area contributed by atoms with Crippen LogP contribution in [0.2, 0.25) is 0 Å². The number of fused-ring (bicyclic) bond motifs is 1. The Morgan fingerprint density at radius 2 is 1.68 bits per heavy atom. The van der Waals surface area contributed by atoms with Crippen LogP contribution in [0.5, 0.6) is 17.2 Å². The van der Waals surface area contributed by atoms with Crippen LogP contribution in [0.3, 0.4) is 0 Å². The van der Waals surface area contributed by atoms with Crippen molar-refractivity contribution in [1.82, 2.24) is 0 Å². The fourth-order valence-electron chi connectivity index (χ4n) is 3.50. The van der Waals surface area contributed by atoms with Gasteiger partial charge in [-0.25, -0.2) is 0 Å². The van der Waals surface area contributed by atoms with Gasteiger partial charge in [-0.2, -0.15) is 0 Å². The van der Waals surface area contributed by atoms with Crippen LogP contribution in [0.4, 0.5) is 17.1 Å². The van der Waals surface area contributed by atoms with Crippen LogP contribution < -0.4 is 29.7 Å². The maximum Gasteiger partial charge on any atom is 0.265 e. The lowest BCUT2D eigenvalue weighted by atomic mass is 10.1. The molecule has 0 fully saturated rings. The topological polar surface area (TPSA) is 106 Å². The minimum absolute atomic E-state index is 0.178. The molecular weight excluding hydrogens is 438 g/mol. The monoisotopic (exact) mass is 461 g/mol. The van der Waals surface area contributed by atoms with Crippen LogP contribution in [-0.4, -0.2) is 45.1 Å². The van der Waals surface area contributed by atoms with Crippen molar-refractivity contribution in [3.05, 3.63) is 72.3 Å². The number of ether oxygens (including phenoxy) is 3. The smallest absolute Gasteiger partial charge is 0.265 e. The highest BCUT2D eigenvalue weighted by molar-refractivity contribution is 6.07. The minimum atomic E-state index is -0.377. The molecule has 0 saturated carbocycles. The molecule has 34 heavy (non-hydrogen) atoms. The zero-order chi connectivity index (χ0) is 24.1. The number of carbonyl (C=O) groups is 3. The summed E-state index contributed by atoms with van der Waals surface area (Å²) < 4.78 is 16.0. The number of benzene rings is 3. The molecule has 1 aliphatic heterocycles. The Balaban J connectivity index is 1.52. The zero-order valence-corrected chi connectivity index (χ0v) is 18.7. The van der Waals surface area contributed by atoms with Crippen LogP contribution in [0.15, 0.2) is 66.7 Å². The number of hydrogen-bond acceptors (Lipinski definition) is 6. The maximum absolute atomic E-state index is 12.8. The summed E-state index contributed by atoms with van der Waals surface area (Å²) >= 11 is 0. The lowest BCUT2D eigenvalue weighted by molar-refractivity contribution is -0.123. The number of carbonyl (C=O) groups excluding carboxylic acids is 3. The first-order valence-electron chi connectivity index (χ1n) is 10.4. The zero-order valence-electron chi connectivity index (χ0n) is 18.7. The third kappa shape index (κ3) is 4.93. The summed E-state index contributed by atoms with van der Waals surface area (Å²) in [5, 5.41) is 5.56. The minimum Gasteiger partial charge on any atom is -0.493 e. The van der Waals surface area contributed by atoms with Gasteiger partial charge in [-0.05, 0) is 48.5 Å². The molecule has 0 aliphatic carbocycles. The molecule has 0 atom stereocenters. The molecule has 0 unspecified atom stereocenters. The fraction of sp³-hybridized carbons (Fsp3) is 0.160. The second kappa shape index (κ2) is 9.95. The largest absolute Gasteiger partial charge is 0.493 e. The molecule has 0 bridgehead atoms. The van der Waals surface area contributed by atoms with Crippen molar-refractivity contribution < 1.29 is 28.6 Å². The Morgan fingerprint density at radius 3 is 2.41 bits per heavy atom. The number of nitrogens with zero attached hydrogens (tertiary/aromatic N) is 1. The van der Waals surface area contributed by atoms with E-state index in [1.807, 2.05) is 6.07 Å². The maximum atomic E-state index is 12.8. The molecular formula is C25H23N3O6. The number of nitrogens with one attached hydrogen (secondary N) is 2. The third-order valence-corrected chi connectivity index (χ3v) is 5.16. The van der Waals surface area contributed by atoms with Gasteiger partial charge in [-0.15, -0.1) is 0 Å². The molecule has 3 aromatic rings. The van der Waals surface area contributed by atoms with Gasteiger partial charge in [0.1, 0.15) is 12.3 Å². The van der Waals surface area contributed by atoms with E-state index in [1.54, 1.807) is 60.7 Å². The summed E-state index contributed by atoms with van der Waals surface area (Å²) in [6, 6.07) is 18.7. The first kappa shape index (κ1) is 22.7. The highest BCUT2D eigenvalue weighted by atomic mass is 16.5. The van der Waals surface area contributed by atoms with E-state index < -0.39 is 0 Å². The molecule has 0 saturated heterocycles. The van der Waals surface area contributed by atoms with Crippen molar-refractivity contribution in [2.45, 2.75) is 0 Å². The van der Waals surface area contributed by atoms with E-state index >= 15 is 0 Å². The number of amides is 3. The summed E-state index contributed by atoms with van der Waals surface area (Å²) in [4.78, 5) is 39.2. The Bertz CT molecular complexity index is 1230. The van der Waals surface area contributed by atoms with Crippen molar-refractivity contribution >= 4 is 34.8 Å². The van der Waals surface area contributed by atoms with Gasteiger partial charge in [0.05, 0.1) is 19.9 Å². The molecule has 174 valence electrons. The van der Waals surface area contributed by atoms with Crippen LogP contribution in [0.25, 0.3) is 0 Å². The molecule has 4 rings (SSSR count). The molecule has 3 aromatic carbocycles. The normalized spacial score (nSPS) is 12.3. The number of rotatable bonds is 7. The molecule has 0 radical (unpaired) electrons. The summed E-state index contributed by atoms with van der Waals surface area (Å²) in [7, 11) is 3.00. The van der Waals surface area contributed by atoms with Crippen molar-refractivity contribution in [2.75, 3.05) is 42.9 Å². The SMILES string of the molecule is COc1ccc(C(=O)Nc2ccc3c(c2)N(CC(=O)Nc2ccccc2)C(=O)CO3)cc1OC. The number of anilines is 3. The van der Waals surface area contributed by atoms with Crippen molar-refractivity contribution in [3.8, 4) is 17.2 Å². The van der Waals surface area contributed by atoms with E-state index in [0.717, 1.165) is 0 Å². The molecule has 1 heterocycles. The second-order valence-electron chi connectivity index (χ2n) is 7.39. The predicted molar refractivity (Wildman–Crippen MR) is 127 cm³/mol. The lowest BCUT2D eigenvalue weighted by Crippen LogP contribution is -2.43. The summed E-state index contributed by atoms with van der Waals surface area (Å²) in [6.07, 6.45) is 0. The van der Waals surface area contributed by atoms with E-state index in [1.165, 1.54) is 19.1 Å². The van der Waals surface area contributed by atoms with Gasteiger partial charge < -0.3 is 24.8 Å². The average Bonchev–Trinajstić information content (AvgIpc) is 2.86. The van der Waals surface area contributed by atoms with Crippen molar-refractivity contribution in [3.63, 3.8) is 0 Å². The first-order chi connectivity index (χ1) is 16.5. The summed E-state index contributed by atoms with van der Waals surface area (Å²) in [5.74, 6) is 0.280. The molecule has 3 amide bonds. The van der Waals surface area contributed by atoms with E-state index in [-0.39, 0.29) is 30.9 Å². The Hall–Kier alpha value is -4.53. The molecule has 1 aliphatic rings. The second-order valence-corrected chi connectivity index (χ2v) is 7.39. The fourth-order valence-corrected chi connectivity index (χ4v) is 3.50. The van der Waals surface area contributed by atoms with Crippen LogP contribution in [-0.2, 0) is 9.59 Å². The van der Waals surface area contributed by atoms with Gasteiger partial charge in [-0.1, -0.05) is 18.2 Å². The van der Waals surface area contributed by atoms with Crippen LogP contribution in [0.1, 0.15) is 10.4 Å². The number of methoxy groups -OCH3 is 2. The van der Waals surface area contributed by atoms with Gasteiger partial charge in [-0.3, -0.25) is 19.3 Å². The van der Waals surface area contributed by atoms with E-state index in [4.69, 9.17) is 14.2 Å². The van der Waals surface area contributed by atoms with Gasteiger partial charge in [0.25, 0.3) is 11.8 Å². The van der Waals surface area contributed by atoms with E-state index in [0.29, 0.717) is 39.9 Å². The summed E-state index contributed by atoms with van der Waals surface area (Å²) in [6.45, 7) is -0.375.